The summed E-state index contributed by atoms with van der Waals surface area (Å²) in [6, 6.07) is 0. The summed E-state index contributed by atoms with van der Waals surface area (Å²) in [4.78, 5) is 10.7. The van der Waals surface area contributed by atoms with Crippen molar-refractivity contribution in [1.82, 2.24) is 4.37 Å². The van der Waals surface area contributed by atoms with Gasteiger partial charge in [0.25, 0.3) is 0 Å². The van der Waals surface area contributed by atoms with Crippen LogP contribution in [-0.4, -0.2) is 10.3 Å². The molecule has 0 aliphatic carbocycles. The first kappa shape index (κ1) is 7.78. The van der Waals surface area contributed by atoms with Crippen molar-refractivity contribution in [2.45, 2.75) is 0 Å². The number of halogens is 2. The fourth-order valence-corrected chi connectivity index (χ4v) is 2.30. The second-order valence-corrected chi connectivity index (χ2v) is 3.89. The van der Waals surface area contributed by atoms with E-state index in [2.05, 4.69) is 4.37 Å². The van der Waals surface area contributed by atoms with Crippen LogP contribution >= 0.6 is 32.2 Å². The molecule has 0 saturated carbocycles. The molecule has 10 heavy (non-hydrogen) atoms. The summed E-state index contributed by atoms with van der Waals surface area (Å²) in [5, 5.41) is 0.242. The van der Waals surface area contributed by atoms with Crippen molar-refractivity contribution in [3.05, 3.63) is 16.1 Å². The van der Waals surface area contributed by atoms with Gasteiger partial charge in [0.15, 0.2) is 0 Å². The molecular weight excluding hydrogens is 195 g/mol. The minimum atomic E-state index is -0.956. The Balaban J connectivity index is 3.23. The van der Waals surface area contributed by atoms with Gasteiger partial charge >= 0.3 is 10.8 Å². The largest absolute Gasteiger partial charge is 0.361 e. The maximum atomic E-state index is 10.5. The molecule has 6 heteroatoms. The van der Waals surface area contributed by atoms with Crippen LogP contribution in [0.3, 0.4) is 0 Å². The molecule has 1 unspecified atom stereocenters. The average molecular weight is 198 g/mol. The van der Waals surface area contributed by atoms with Crippen LogP contribution in [0.2, 0.25) is 5.02 Å². The van der Waals surface area contributed by atoms with E-state index < -0.39 is 15.8 Å². The van der Waals surface area contributed by atoms with Crippen molar-refractivity contribution in [3.63, 3.8) is 0 Å². The first-order valence-electron chi connectivity index (χ1n) is 2.27. The van der Waals surface area contributed by atoms with E-state index in [0.29, 0.717) is 0 Å². The Morgan fingerprint density at radius 3 is 2.60 bits per heavy atom. The predicted molar refractivity (Wildman–Crippen MR) is 41.5 cm³/mol. The molecule has 1 aromatic rings. The third kappa shape index (κ3) is 1.23. The van der Waals surface area contributed by atoms with E-state index in [1.165, 1.54) is 6.20 Å². The highest BCUT2D eigenvalue weighted by Crippen LogP contribution is 2.31. The Hall–Kier alpha value is -0.320. The lowest BCUT2D eigenvalue weighted by atomic mass is 10.5. The minimum absolute atomic E-state index is 0.198. The molecule has 0 aliphatic rings. The van der Waals surface area contributed by atoms with Gasteiger partial charge in [-0.05, 0) is 4.37 Å². The normalized spacial score (nSPS) is 11.6. The van der Waals surface area contributed by atoms with E-state index in [4.69, 9.17) is 28.0 Å². The molecule has 0 bridgehead atoms. The number of amides is 1. The predicted octanol–water partition coefficient (Wildman–Crippen LogP) is 1.58. The smallest absolute Gasteiger partial charge is 0.307 e. The van der Waals surface area contributed by atoms with E-state index in [9.17, 15) is 4.79 Å². The number of carbonyl (C=O) groups is 1. The molecular formula is C4H3Cl2N2OS+. The summed E-state index contributed by atoms with van der Waals surface area (Å²) >= 11 is 5.52. The number of carbonyl (C=O) groups excluding carboxylic acids is 1. The van der Waals surface area contributed by atoms with Gasteiger partial charge in [0.2, 0.25) is 20.6 Å². The fraction of sp³-hybridized carbons (Fsp3) is 0. The van der Waals surface area contributed by atoms with Gasteiger partial charge in [-0.2, -0.15) is 0 Å². The van der Waals surface area contributed by atoms with Gasteiger partial charge in [-0.1, -0.05) is 11.6 Å². The van der Waals surface area contributed by atoms with Crippen molar-refractivity contribution < 1.29 is 4.79 Å². The number of nitrogens with two attached hydrogens (primary N) is 1. The maximum Gasteiger partial charge on any atom is 0.307 e. The molecule has 1 aromatic heterocycles. The second kappa shape index (κ2) is 2.74. The van der Waals surface area contributed by atoms with Crippen molar-refractivity contribution >= 4 is 38.1 Å². The Kier molecular flexibility index (Phi) is 2.13. The standard InChI is InChI=1S/C4H2Cl2N2OS/c5-2-1-8-10(6)3(2)4(7)9/h1H,(H-,7,9)/p+1. The molecule has 0 saturated heterocycles. The quantitative estimate of drug-likeness (QED) is 0.696. The molecule has 54 valence electrons. The van der Waals surface area contributed by atoms with E-state index >= 15 is 0 Å². The van der Waals surface area contributed by atoms with Gasteiger partial charge in [-0.15, -0.1) is 0 Å². The fourth-order valence-electron chi connectivity index (χ4n) is 0.485. The van der Waals surface area contributed by atoms with Gasteiger partial charge in [0.1, 0.15) is 11.2 Å². The second-order valence-electron chi connectivity index (χ2n) is 1.51. The molecule has 1 heterocycles. The summed E-state index contributed by atoms with van der Waals surface area (Å²) in [7, 11) is 4.60. The molecule has 0 spiro atoms. The molecule has 3 nitrogen and oxygen atoms in total. The Morgan fingerprint density at radius 2 is 2.40 bits per heavy atom. The minimum Gasteiger partial charge on any atom is -0.361 e. The number of hydrogen-bond donors (Lipinski definition) is 1. The summed E-state index contributed by atoms with van der Waals surface area (Å²) in [6.07, 6.45) is 1.33. The Morgan fingerprint density at radius 1 is 1.80 bits per heavy atom. The highest BCUT2D eigenvalue weighted by Gasteiger charge is 2.25. The summed E-state index contributed by atoms with van der Waals surface area (Å²) in [6.45, 7) is 0. The molecule has 0 fully saturated rings. The van der Waals surface area contributed by atoms with Gasteiger partial charge in [0.05, 0.1) is 0 Å². The molecule has 1 atom stereocenters. The molecule has 1 rings (SSSR count). The van der Waals surface area contributed by atoms with Crippen molar-refractivity contribution in [1.29, 1.82) is 0 Å². The maximum absolute atomic E-state index is 10.5. The van der Waals surface area contributed by atoms with Crippen LogP contribution in [0.5, 0.6) is 0 Å². The Bertz CT molecular complexity index is 253. The van der Waals surface area contributed by atoms with E-state index in [0.717, 1.165) is 0 Å². The first-order chi connectivity index (χ1) is 4.63. The Labute approximate surface area is 69.4 Å². The van der Waals surface area contributed by atoms with Gasteiger partial charge in [-0.3, -0.25) is 4.79 Å². The molecule has 2 N–H and O–H groups in total. The molecule has 0 radical (unpaired) electrons. The van der Waals surface area contributed by atoms with E-state index in [1.54, 1.807) is 0 Å². The van der Waals surface area contributed by atoms with Crippen LogP contribution in [0.15, 0.2) is 6.20 Å². The van der Waals surface area contributed by atoms with Crippen LogP contribution in [0.25, 0.3) is 0 Å². The number of rotatable bonds is 1. The zero-order valence-electron chi connectivity index (χ0n) is 4.67. The lowest BCUT2D eigenvalue weighted by Gasteiger charge is -1.78. The van der Waals surface area contributed by atoms with Gasteiger partial charge in [0, 0.05) is 0 Å². The van der Waals surface area contributed by atoms with Crippen LogP contribution in [0.4, 0.5) is 0 Å². The van der Waals surface area contributed by atoms with Crippen LogP contribution in [-0.2, 0) is 0 Å². The molecule has 0 aromatic carbocycles. The van der Waals surface area contributed by atoms with Crippen LogP contribution < -0.4 is 5.73 Å². The van der Waals surface area contributed by atoms with E-state index in [1.807, 2.05) is 0 Å². The zero-order valence-corrected chi connectivity index (χ0v) is 7.00. The first-order valence-corrected chi connectivity index (χ1v) is 4.66. The van der Waals surface area contributed by atoms with Crippen molar-refractivity contribution in [3.8, 4) is 0 Å². The molecule has 1 amide bonds. The van der Waals surface area contributed by atoms with Gasteiger partial charge in [-0.25, -0.2) is 0 Å². The third-order valence-corrected chi connectivity index (χ3v) is 3.02. The summed E-state index contributed by atoms with van der Waals surface area (Å²) < 4.78 is 3.68. The molecule has 0 aliphatic heterocycles. The number of hydrogen-bond acceptors (Lipinski definition) is 2. The SMILES string of the molecule is NC(=O)c1c(Cl)cn[s+]1Cl. The third-order valence-electron chi connectivity index (χ3n) is 0.868. The average Bonchev–Trinajstić information content (AvgIpc) is 2.11. The van der Waals surface area contributed by atoms with Crippen molar-refractivity contribution in [2.75, 3.05) is 0 Å². The topological polar surface area (TPSA) is 56.0 Å². The summed E-state index contributed by atoms with van der Waals surface area (Å²) in [5.41, 5.74) is 4.94. The van der Waals surface area contributed by atoms with Crippen LogP contribution in [0.1, 0.15) is 9.67 Å². The highest BCUT2D eigenvalue weighted by molar-refractivity contribution is 7.59. The lowest BCUT2D eigenvalue weighted by Crippen LogP contribution is -2.09. The number of primary amides is 1. The zero-order chi connectivity index (χ0) is 7.72. The summed E-state index contributed by atoms with van der Waals surface area (Å²) in [5.74, 6) is -0.610. The lowest BCUT2D eigenvalue weighted by molar-refractivity contribution is 0.100. The van der Waals surface area contributed by atoms with Crippen molar-refractivity contribution in [2.24, 2.45) is 5.73 Å². The number of nitrogens with zero attached hydrogens (tertiary/aromatic N) is 1. The number of aromatic nitrogens is 1. The van der Waals surface area contributed by atoms with E-state index in [-0.39, 0.29) is 9.90 Å². The van der Waals surface area contributed by atoms with Gasteiger partial charge < -0.3 is 5.73 Å². The monoisotopic (exact) mass is 197 g/mol. The highest BCUT2D eigenvalue weighted by atomic mass is 35.7. The van der Waals surface area contributed by atoms with Crippen LogP contribution in [0, 0.1) is 0 Å².